The fraction of sp³-hybridized carbons (Fsp3) is 0.412. The third-order valence-corrected chi connectivity index (χ3v) is 11.6. The molecule has 0 spiro atoms. The first-order valence-corrected chi connectivity index (χ1v) is 23.1. The van der Waals surface area contributed by atoms with Crippen LogP contribution in [0.4, 0.5) is 0 Å². The summed E-state index contributed by atoms with van der Waals surface area (Å²) in [6, 6.07) is 23.2. The van der Waals surface area contributed by atoms with Crippen LogP contribution in [-0.2, 0) is 32.0 Å². The van der Waals surface area contributed by atoms with Crippen molar-refractivity contribution in [1.29, 1.82) is 5.26 Å². The molecule has 0 saturated carbocycles. The Bertz CT molecular complexity index is 2350. The zero-order valence-electron chi connectivity index (χ0n) is 38.8. The number of nitrogens with one attached hydrogen (secondary N) is 4. The van der Waals surface area contributed by atoms with Gasteiger partial charge in [-0.15, -0.1) is 0 Å². The minimum atomic E-state index is -1.35. The van der Waals surface area contributed by atoms with Crippen molar-refractivity contribution in [2.24, 2.45) is 17.2 Å². The molecule has 16 nitrogen and oxygen atoms in total. The Labute approximate surface area is 393 Å². The molecule has 0 radical (unpaired) electrons. The number of benzene rings is 4. The van der Waals surface area contributed by atoms with E-state index in [1.165, 1.54) is 24.4 Å². The average molecular weight is 916 g/mol. The molecule has 4 atom stereocenters. The number of unbranched alkanes of at least 4 members (excludes halogenated alkanes) is 2. The molecule has 16 heteroatoms. The Hall–Kier alpha value is -6.80. The molecule has 4 bridgehead atoms. The van der Waals surface area contributed by atoms with E-state index in [-0.39, 0.29) is 52.1 Å². The quantitative estimate of drug-likeness (QED) is 0.0587. The number of nitrogens with zero attached hydrogens (tertiary/aromatic N) is 2. The summed E-state index contributed by atoms with van der Waals surface area (Å²) < 4.78 is 12.3. The highest BCUT2D eigenvalue weighted by Crippen LogP contribution is 2.40. The molecule has 0 saturated heterocycles. The summed E-state index contributed by atoms with van der Waals surface area (Å²) in [5.74, 6) is -2.10. The fourth-order valence-corrected chi connectivity index (χ4v) is 7.87. The molecular weight excluding hydrogens is 851 g/mol. The smallest absolute Gasteiger partial charge is 0.251 e. The molecule has 1 heterocycles. The van der Waals surface area contributed by atoms with Crippen molar-refractivity contribution in [3.05, 3.63) is 107 Å². The van der Waals surface area contributed by atoms with E-state index in [1.807, 2.05) is 18.2 Å². The third-order valence-electron chi connectivity index (χ3n) is 11.6. The van der Waals surface area contributed by atoms with Gasteiger partial charge in [-0.05, 0) is 110 Å². The van der Waals surface area contributed by atoms with Crippen LogP contribution in [0.25, 0.3) is 22.3 Å². The predicted octanol–water partition coefficient (Wildman–Crippen LogP) is 4.04. The van der Waals surface area contributed by atoms with Gasteiger partial charge in [-0.2, -0.15) is 5.26 Å². The maximum atomic E-state index is 14.8. The maximum absolute atomic E-state index is 14.8. The first-order chi connectivity index (χ1) is 32.4. The number of fused-ring (bicyclic) bond motifs is 5. The number of nitriles is 1. The summed E-state index contributed by atoms with van der Waals surface area (Å²) in [7, 11) is 1.47. The molecule has 356 valence electrons. The van der Waals surface area contributed by atoms with E-state index in [0.717, 1.165) is 30.4 Å². The topological polar surface area (TPSA) is 257 Å². The predicted molar refractivity (Wildman–Crippen MR) is 258 cm³/mol. The van der Waals surface area contributed by atoms with Crippen molar-refractivity contribution in [3.8, 4) is 39.8 Å². The molecule has 0 unspecified atom stereocenters. The zero-order valence-corrected chi connectivity index (χ0v) is 38.8. The van der Waals surface area contributed by atoms with Crippen LogP contribution in [0.1, 0.15) is 85.5 Å². The monoisotopic (exact) mass is 916 g/mol. The molecular formula is C51H65N9O7. The van der Waals surface area contributed by atoms with Gasteiger partial charge in [-0.3, -0.25) is 24.0 Å². The average Bonchev–Trinajstić information content (AvgIpc) is 3.34. The van der Waals surface area contributed by atoms with E-state index in [4.69, 9.17) is 31.9 Å². The second-order valence-electron chi connectivity index (χ2n) is 16.6. The second kappa shape index (κ2) is 25.8. The van der Waals surface area contributed by atoms with Gasteiger partial charge >= 0.3 is 0 Å². The largest absolute Gasteiger partial charge is 0.492 e. The van der Waals surface area contributed by atoms with Crippen LogP contribution in [0.5, 0.6) is 11.5 Å². The van der Waals surface area contributed by atoms with E-state index < -0.39 is 53.7 Å². The highest BCUT2D eigenvalue weighted by atomic mass is 16.5. The van der Waals surface area contributed by atoms with Gasteiger partial charge in [0.25, 0.3) is 5.91 Å². The van der Waals surface area contributed by atoms with Crippen LogP contribution in [0, 0.1) is 11.3 Å². The van der Waals surface area contributed by atoms with Gasteiger partial charge in [0.15, 0.2) is 0 Å². The molecule has 5 amide bonds. The number of rotatable bonds is 21. The number of carbonyl (C=O) groups excluding carboxylic acids is 5. The molecule has 10 N–H and O–H groups in total. The number of ether oxygens (including phenoxy) is 2. The number of aryl methyl sites for hydroxylation is 1. The van der Waals surface area contributed by atoms with Gasteiger partial charge in [0.05, 0.1) is 12.5 Å². The minimum absolute atomic E-state index is 0.0436. The lowest BCUT2D eigenvalue weighted by molar-refractivity contribution is -0.141. The second-order valence-corrected chi connectivity index (χ2v) is 16.6. The van der Waals surface area contributed by atoms with E-state index in [0.29, 0.717) is 58.7 Å². The molecule has 0 fully saturated rings. The Balaban J connectivity index is 1.54. The molecule has 4 aromatic rings. The van der Waals surface area contributed by atoms with Gasteiger partial charge in [0.1, 0.15) is 48.9 Å². The molecule has 1 aliphatic heterocycles. The number of hydrogen-bond donors (Lipinski definition) is 7. The summed E-state index contributed by atoms with van der Waals surface area (Å²) in [4.78, 5) is 72.0. The van der Waals surface area contributed by atoms with E-state index in [1.54, 1.807) is 48.5 Å². The molecule has 1 aliphatic rings. The fourth-order valence-electron chi connectivity index (χ4n) is 7.87. The molecule has 0 aromatic heterocycles. The molecule has 4 aromatic carbocycles. The van der Waals surface area contributed by atoms with Crippen molar-refractivity contribution in [2.75, 3.05) is 46.4 Å². The van der Waals surface area contributed by atoms with E-state index >= 15 is 0 Å². The van der Waals surface area contributed by atoms with Crippen LogP contribution in [0.15, 0.2) is 84.9 Å². The van der Waals surface area contributed by atoms with Gasteiger partial charge < -0.3 is 52.8 Å². The Kier molecular flexibility index (Phi) is 19.7. The van der Waals surface area contributed by atoms with E-state index in [2.05, 4.69) is 52.5 Å². The zero-order chi connectivity index (χ0) is 48.3. The normalized spacial score (nSPS) is 16.3. The first-order valence-electron chi connectivity index (χ1n) is 23.1. The van der Waals surface area contributed by atoms with Crippen LogP contribution in [-0.4, -0.2) is 99.0 Å². The lowest BCUT2D eigenvalue weighted by Crippen LogP contribution is -2.56. The summed E-state index contributed by atoms with van der Waals surface area (Å²) in [5.41, 5.74) is 23.2. The van der Waals surface area contributed by atoms with Crippen LogP contribution in [0.2, 0.25) is 0 Å². The summed E-state index contributed by atoms with van der Waals surface area (Å²) >= 11 is 0. The number of hydrogen-bond acceptors (Lipinski definition) is 11. The Morgan fingerprint density at radius 2 is 1.46 bits per heavy atom. The van der Waals surface area contributed by atoms with Gasteiger partial charge in [0, 0.05) is 49.8 Å². The number of amides is 5. The summed E-state index contributed by atoms with van der Waals surface area (Å²) in [6.45, 7) is 4.82. The molecule has 0 aliphatic carbocycles. The van der Waals surface area contributed by atoms with Crippen LogP contribution in [0.3, 0.4) is 0 Å². The lowest BCUT2D eigenvalue weighted by atomic mass is 9.93. The Morgan fingerprint density at radius 3 is 2.09 bits per heavy atom. The highest BCUT2D eigenvalue weighted by molar-refractivity contribution is 5.99. The summed E-state index contributed by atoms with van der Waals surface area (Å²) in [6.07, 6.45) is 4.69. The standard InChI is InChI=1S/C51H65N9O7/c1-4-5-9-34-11-14-36(15-12-34)37-16-18-38(19-17-37)48(62)58-42(10-6-7-23-52)51(65)60(3)46-39-20-22-45(67-29-26-55)41(32-39)40-30-35(13-21-44(40)66-28-25-54)31-43(49(63)56-27-8-24-53)59-47(61)33(2)57-50(46)64/h11-22,30,32-33,42-43,46H,4-10,23,25-29,31,52,54-55H2,1-3H3,(H,56,63)(H,57,64)(H,58,62)(H,59,61)/t33-,42-,43-,46-/m0/s1. The lowest BCUT2D eigenvalue weighted by Gasteiger charge is -2.33. The van der Waals surface area contributed by atoms with E-state index in [9.17, 15) is 24.0 Å². The molecule has 5 rings (SSSR count). The number of carbonyl (C=O) groups is 5. The van der Waals surface area contributed by atoms with Crippen molar-refractivity contribution < 1.29 is 33.4 Å². The first kappa shape index (κ1) is 51.2. The minimum Gasteiger partial charge on any atom is -0.492 e. The third kappa shape index (κ3) is 14.1. The van der Waals surface area contributed by atoms with Crippen molar-refractivity contribution >= 4 is 29.5 Å². The van der Waals surface area contributed by atoms with Gasteiger partial charge in [-0.1, -0.05) is 61.9 Å². The molecule has 67 heavy (non-hydrogen) atoms. The number of nitrogens with two attached hydrogens (primary N) is 3. The summed E-state index contributed by atoms with van der Waals surface area (Å²) in [5, 5.41) is 20.3. The SMILES string of the molecule is CCCCc1ccc(-c2ccc(C(=O)N[C@@H](CCCCN)C(=O)N(C)[C@@H]3C(=O)N[C@@H](C)C(=O)N[C@H](C(=O)NCCC#N)Cc4ccc(OCCN)c(c4)-c4cc3ccc4OCCN)cc2)cc1. The van der Waals surface area contributed by atoms with Crippen molar-refractivity contribution in [2.45, 2.75) is 89.4 Å². The number of likely N-dealkylation sites (N-methyl/N-ethyl adjacent to an activating group) is 1. The highest BCUT2D eigenvalue weighted by Gasteiger charge is 2.36. The van der Waals surface area contributed by atoms with Gasteiger partial charge in [0.2, 0.25) is 23.6 Å². The Morgan fingerprint density at radius 1 is 0.821 bits per heavy atom. The van der Waals surface area contributed by atoms with Crippen molar-refractivity contribution in [3.63, 3.8) is 0 Å². The van der Waals surface area contributed by atoms with Crippen LogP contribution >= 0.6 is 0 Å². The van der Waals surface area contributed by atoms with Crippen molar-refractivity contribution in [1.82, 2.24) is 26.2 Å². The van der Waals surface area contributed by atoms with Gasteiger partial charge in [-0.25, -0.2) is 0 Å². The van der Waals surface area contributed by atoms with Crippen LogP contribution < -0.4 is 47.9 Å². The maximum Gasteiger partial charge on any atom is 0.251 e.